The lowest BCUT2D eigenvalue weighted by atomic mass is 10.1. The fourth-order valence-electron chi connectivity index (χ4n) is 3.46. The van der Waals surface area contributed by atoms with Crippen molar-refractivity contribution >= 4 is 33.4 Å². The third kappa shape index (κ3) is 5.58. The summed E-state index contributed by atoms with van der Waals surface area (Å²) in [6.07, 6.45) is 2.76. The van der Waals surface area contributed by atoms with E-state index >= 15 is 0 Å². The van der Waals surface area contributed by atoms with Gasteiger partial charge in [0.25, 0.3) is 0 Å². The minimum atomic E-state index is -1.34. The zero-order chi connectivity index (χ0) is 24.5. The summed E-state index contributed by atoms with van der Waals surface area (Å²) < 4.78 is 31.4. The molecule has 1 fully saturated rings. The quantitative estimate of drug-likeness (QED) is 0.493. The summed E-state index contributed by atoms with van der Waals surface area (Å²) in [5.74, 6) is -0.359. The van der Waals surface area contributed by atoms with Gasteiger partial charge in [-0.1, -0.05) is 23.5 Å². The minimum absolute atomic E-state index is 0.226. The molecule has 0 N–H and O–H groups in total. The van der Waals surface area contributed by atoms with Crippen molar-refractivity contribution in [3.05, 3.63) is 42.3 Å². The molecule has 1 amide bonds. The molecule has 1 aromatic carbocycles. The number of carbonyl (C=O) groups excluding carboxylic acids is 1. The van der Waals surface area contributed by atoms with Crippen molar-refractivity contribution in [2.24, 2.45) is 0 Å². The second-order valence-corrected chi connectivity index (χ2v) is 11.1. The summed E-state index contributed by atoms with van der Waals surface area (Å²) in [5.41, 5.74) is 1.26. The van der Waals surface area contributed by atoms with Gasteiger partial charge in [0.1, 0.15) is 11.4 Å². The standard InChI is InChI=1S/C23H26FN5O3S2/c1-23(2,3)32-22(30)29-12-10-28(11-13-29)21-27-18(15-6-5-7-16(24)14-15)19(33-21)17-8-9-25-20(26-17)34(4)31/h5-9,14H,10-13H2,1-4H3. The van der Waals surface area contributed by atoms with Crippen molar-refractivity contribution in [1.29, 1.82) is 0 Å². The monoisotopic (exact) mass is 503 g/mol. The van der Waals surface area contributed by atoms with Gasteiger partial charge < -0.3 is 14.5 Å². The van der Waals surface area contributed by atoms with Crippen LogP contribution in [0.15, 0.2) is 41.7 Å². The van der Waals surface area contributed by atoms with Crippen LogP contribution in [0.1, 0.15) is 20.8 Å². The van der Waals surface area contributed by atoms with Gasteiger partial charge in [0, 0.05) is 44.2 Å². The van der Waals surface area contributed by atoms with Gasteiger partial charge in [-0.3, -0.25) is 4.21 Å². The maximum Gasteiger partial charge on any atom is 0.410 e. The molecule has 1 atom stereocenters. The van der Waals surface area contributed by atoms with Gasteiger partial charge in [0.2, 0.25) is 5.16 Å². The number of carbonyl (C=O) groups is 1. The van der Waals surface area contributed by atoms with Crippen LogP contribution < -0.4 is 4.90 Å². The van der Waals surface area contributed by atoms with Crippen LogP contribution in [-0.4, -0.2) is 68.2 Å². The zero-order valence-corrected chi connectivity index (χ0v) is 21.1. The van der Waals surface area contributed by atoms with Gasteiger partial charge in [-0.05, 0) is 39.0 Å². The molecule has 3 aromatic rings. The molecule has 0 spiro atoms. The number of anilines is 1. The summed E-state index contributed by atoms with van der Waals surface area (Å²) in [6, 6.07) is 7.99. The highest BCUT2D eigenvalue weighted by Crippen LogP contribution is 2.40. The number of amides is 1. The van der Waals surface area contributed by atoms with Crippen molar-refractivity contribution < 1.29 is 18.1 Å². The number of aromatic nitrogens is 3. The van der Waals surface area contributed by atoms with Crippen LogP contribution in [0.4, 0.5) is 14.3 Å². The van der Waals surface area contributed by atoms with E-state index in [1.165, 1.54) is 29.7 Å². The van der Waals surface area contributed by atoms with Gasteiger partial charge in [-0.15, -0.1) is 0 Å². The lowest BCUT2D eigenvalue weighted by Crippen LogP contribution is -2.50. The number of piperazine rings is 1. The molecule has 0 radical (unpaired) electrons. The third-order valence-corrected chi connectivity index (χ3v) is 6.89. The fraction of sp³-hybridized carbons (Fsp3) is 0.391. The summed E-state index contributed by atoms with van der Waals surface area (Å²) in [4.78, 5) is 30.3. The first-order valence-electron chi connectivity index (χ1n) is 10.8. The second kappa shape index (κ2) is 9.75. The Bertz CT molecular complexity index is 1220. The molecule has 0 bridgehead atoms. The number of ether oxygens (including phenoxy) is 1. The highest BCUT2D eigenvalue weighted by molar-refractivity contribution is 7.84. The fourth-order valence-corrected chi connectivity index (χ4v) is 5.01. The maximum absolute atomic E-state index is 14.0. The van der Waals surface area contributed by atoms with Crippen LogP contribution in [0.5, 0.6) is 0 Å². The highest BCUT2D eigenvalue weighted by Gasteiger charge is 2.28. The van der Waals surface area contributed by atoms with Crippen molar-refractivity contribution in [3.8, 4) is 21.8 Å². The van der Waals surface area contributed by atoms with E-state index in [9.17, 15) is 13.4 Å². The van der Waals surface area contributed by atoms with Crippen LogP contribution in [0, 0.1) is 5.82 Å². The first-order valence-corrected chi connectivity index (χ1v) is 13.1. The summed E-state index contributed by atoms with van der Waals surface area (Å²) in [5, 5.41) is 0.972. The van der Waals surface area contributed by atoms with Crippen LogP contribution in [0.3, 0.4) is 0 Å². The van der Waals surface area contributed by atoms with Crippen molar-refractivity contribution in [2.75, 3.05) is 37.3 Å². The van der Waals surface area contributed by atoms with E-state index in [0.29, 0.717) is 43.1 Å². The van der Waals surface area contributed by atoms with E-state index < -0.39 is 16.4 Å². The normalized spacial score (nSPS) is 15.3. The van der Waals surface area contributed by atoms with Gasteiger partial charge in [-0.2, -0.15) is 0 Å². The largest absolute Gasteiger partial charge is 0.444 e. The molecule has 8 nitrogen and oxygen atoms in total. The summed E-state index contributed by atoms with van der Waals surface area (Å²) >= 11 is 1.43. The van der Waals surface area contributed by atoms with Crippen LogP contribution >= 0.6 is 11.3 Å². The molecule has 3 heterocycles. The molecule has 34 heavy (non-hydrogen) atoms. The molecule has 0 saturated carbocycles. The lowest BCUT2D eigenvalue weighted by Gasteiger charge is -2.35. The predicted molar refractivity (Wildman–Crippen MR) is 131 cm³/mol. The Morgan fingerprint density at radius 1 is 1.15 bits per heavy atom. The molecule has 1 unspecified atom stereocenters. The van der Waals surface area contributed by atoms with E-state index in [1.54, 1.807) is 29.3 Å². The van der Waals surface area contributed by atoms with Crippen LogP contribution in [0.25, 0.3) is 21.8 Å². The molecule has 0 aliphatic carbocycles. The molecule has 11 heteroatoms. The maximum atomic E-state index is 14.0. The van der Waals surface area contributed by atoms with E-state index in [0.717, 1.165) is 10.0 Å². The molecule has 1 aliphatic rings. The molecule has 180 valence electrons. The molecule has 4 rings (SSSR count). The number of nitrogens with zero attached hydrogens (tertiary/aromatic N) is 5. The average molecular weight is 504 g/mol. The Morgan fingerprint density at radius 3 is 2.53 bits per heavy atom. The average Bonchev–Trinajstić information content (AvgIpc) is 3.24. The van der Waals surface area contributed by atoms with Crippen LogP contribution in [0.2, 0.25) is 0 Å². The van der Waals surface area contributed by atoms with E-state index in [4.69, 9.17) is 9.72 Å². The number of thiazole rings is 1. The van der Waals surface area contributed by atoms with Gasteiger partial charge in [0.05, 0.1) is 27.1 Å². The molecular formula is C23H26FN5O3S2. The topological polar surface area (TPSA) is 88.5 Å². The Kier molecular flexibility index (Phi) is 6.94. The van der Waals surface area contributed by atoms with Gasteiger partial charge >= 0.3 is 6.09 Å². The Morgan fingerprint density at radius 2 is 1.88 bits per heavy atom. The Balaban J connectivity index is 1.64. The smallest absolute Gasteiger partial charge is 0.410 e. The van der Waals surface area contributed by atoms with Crippen LogP contribution in [-0.2, 0) is 15.5 Å². The van der Waals surface area contributed by atoms with Gasteiger partial charge in [0.15, 0.2) is 5.13 Å². The lowest BCUT2D eigenvalue weighted by molar-refractivity contribution is 0.0240. The number of hydrogen-bond donors (Lipinski definition) is 0. The Labute approximate surface area is 204 Å². The third-order valence-electron chi connectivity index (χ3n) is 5.04. The SMILES string of the molecule is CS(=O)c1nccc(-c2sc(N3CCN(C(=O)OC(C)(C)C)CC3)nc2-c2cccc(F)c2)n1. The van der Waals surface area contributed by atoms with E-state index in [2.05, 4.69) is 14.9 Å². The van der Waals surface area contributed by atoms with E-state index in [1.807, 2.05) is 20.8 Å². The number of hydrogen-bond acceptors (Lipinski definition) is 8. The molecule has 1 aliphatic heterocycles. The number of benzene rings is 1. The zero-order valence-electron chi connectivity index (χ0n) is 19.4. The molecular weight excluding hydrogens is 477 g/mol. The first kappa shape index (κ1) is 24.2. The van der Waals surface area contributed by atoms with Crippen molar-refractivity contribution in [2.45, 2.75) is 31.5 Å². The first-order chi connectivity index (χ1) is 16.1. The van der Waals surface area contributed by atoms with E-state index in [-0.39, 0.29) is 17.1 Å². The highest BCUT2D eigenvalue weighted by atomic mass is 32.2. The molecule has 1 saturated heterocycles. The number of halogens is 1. The summed E-state index contributed by atoms with van der Waals surface area (Å²) in [7, 11) is -1.34. The summed E-state index contributed by atoms with van der Waals surface area (Å²) in [6.45, 7) is 7.72. The number of rotatable bonds is 4. The molecule has 2 aromatic heterocycles. The van der Waals surface area contributed by atoms with Crippen molar-refractivity contribution in [1.82, 2.24) is 19.9 Å². The minimum Gasteiger partial charge on any atom is -0.444 e. The predicted octanol–water partition coefficient (Wildman–Crippen LogP) is 4.20. The van der Waals surface area contributed by atoms with Crippen molar-refractivity contribution in [3.63, 3.8) is 0 Å². The second-order valence-electron chi connectivity index (χ2n) is 8.82. The Hall–Kier alpha value is -2.92. The van der Waals surface area contributed by atoms with Gasteiger partial charge in [-0.25, -0.2) is 24.1 Å².